The largest absolute Gasteiger partial charge is 0.366 e. The molecule has 0 aliphatic carbocycles. The van der Waals surface area contributed by atoms with E-state index in [4.69, 9.17) is 5.73 Å². The summed E-state index contributed by atoms with van der Waals surface area (Å²) in [5.74, 6) is -0.193. The van der Waals surface area contributed by atoms with Crippen LogP contribution < -0.4 is 5.73 Å². The van der Waals surface area contributed by atoms with Crippen molar-refractivity contribution in [1.82, 2.24) is 19.7 Å². The van der Waals surface area contributed by atoms with Crippen molar-refractivity contribution in [3.05, 3.63) is 17.6 Å². The molecule has 0 radical (unpaired) electrons. The van der Waals surface area contributed by atoms with E-state index in [2.05, 4.69) is 15.1 Å². The van der Waals surface area contributed by atoms with Gasteiger partial charge in [-0.2, -0.15) is 5.10 Å². The van der Waals surface area contributed by atoms with Gasteiger partial charge in [-0.15, -0.1) is 11.8 Å². The fraction of sp³-hybridized carbons (Fsp3) is 0.273. The van der Waals surface area contributed by atoms with Crippen molar-refractivity contribution in [2.45, 2.75) is 18.0 Å². The molecule has 0 saturated carbocycles. The Balaban J connectivity index is 2.22. The quantitative estimate of drug-likeness (QED) is 0.856. The van der Waals surface area contributed by atoms with E-state index in [-0.39, 0.29) is 0 Å². The van der Waals surface area contributed by atoms with Gasteiger partial charge in [-0.3, -0.25) is 4.79 Å². The molecule has 3 rings (SSSR count). The molecule has 0 bridgehead atoms. The molecule has 0 aromatic carbocycles. The zero-order chi connectivity index (χ0) is 14.3. The number of carbonyl (C=O) groups is 1. The zero-order valence-electron chi connectivity index (χ0n) is 10.1. The number of nitrogens with two attached hydrogens (primary N) is 1. The van der Waals surface area contributed by atoms with Gasteiger partial charge in [-0.05, 0) is 6.08 Å². The lowest BCUT2D eigenvalue weighted by molar-refractivity contribution is -0.114. The molecule has 9 heteroatoms. The maximum absolute atomic E-state index is 12.6. The van der Waals surface area contributed by atoms with Gasteiger partial charge in [-0.25, -0.2) is 23.4 Å². The molecule has 3 heterocycles. The smallest absolute Gasteiger partial charge is 0.258 e. The second kappa shape index (κ2) is 4.82. The third kappa shape index (κ3) is 2.13. The van der Waals surface area contributed by atoms with E-state index in [9.17, 15) is 13.6 Å². The highest BCUT2D eigenvalue weighted by molar-refractivity contribution is 7.99. The van der Waals surface area contributed by atoms with Crippen LogP contribution in [0.15, 0.2) is 16.9 Å². The van der Waals surface area contributed by atoms with E-state index in [1.807, 2.05) is 0 Å². The lowest BCUT2D eigenvalue weighted by Gasteiger charge is -2.03. The number of aromatic nitrogens is 4. The summed E-state index contributed by atoms with van der Waals surface area (Å²) >= 11 is 1.31. The van der Waals surface area contributed by atoms with Gasteiger partial charge in [0.05, 0.1) is 11.1 Å². The predicted octanol–water partition coefficient (Wildman–Crippen LogP) is 1.07. The van der Waals surface area contributed by atoms with Crippen molar-refractivity contribution in [3.8, 4) is 0 Å². The third-order valence-corrected chi connectivity index (χ3v) is 3.86. The van der Waals surface area contributed by atoms with Crippen molar-refractivity contribution in [2.24, 2.45) is 5.73 Å². The fourth-order valence-electron chi connectivity index (χ4n) is 1.97. The molecule has 20 heavy (non-hydrogen) atoms. The summed E-state index contributed by atoms with van der Waals surface area (Å²) in [4.78, 5) is 19.4. The highest BCUT2D eigenvalue weighted by Gasteiger charge is 2.22. The average molecular weight is 297 g/mol. The maximum Gasteiger partial charge on any atom is 0.258 e. The highest BCUT2D eigenvalue weighted by Crippen LogP contribution is 2.33. The summed E-state index contributed by atoms with van der Waals surface area (Å²) in [6.45, 7) is -0.558. The molecule has 0 unspecified atom stereocenters. The number of hydrogen-bond acceptors (Lipinski definition) is 5. The molecule has 2 N–H and O–H groups in total. The van der Waals surface area contributed by atoms with Crippen LogP contribution in [0.5, 0.6) is 0 Å². The van der Waals surface area contributed by atoms with Crippen LogP contribution >= 0.6 is 11.8 Å². The Morgan fingerprint density at radius 3 is 3.00 bits per heavy atom. The van der Waals surface area contributed by atoms with Crippen molar-refractivity contribution in [2.75, 3.05) is 5.75 Å². The molecule has 6 nitrogen and oxygen atoms in total. The first-order valence-electron chi connectivity index (χ1n) is 5.69. The minimum Gasteiger partial charge on any atom is -0.366 e. The van der Waals surface area contributed by atoms with E-state index >= 15 is 0 Å². The molecule has 1 amide bonds. The summed E-state index contributed by atoms with van der Waals surface area (Å²) in [6.07, 6.45) is 0.270. The number of amides is 1. The molecule has 0 spiro atoms. The van der Waals surface area contributed by atoms with Gasteiger partial charge in [0.25, 0.3) is 6.43 Å². The first kappa shape index (κ1) is 13.0. The second-order valence-electron chi connectivity index (χ2n) is 4.16. The molecule has 2 aromatic rings. The summed E-state index contributed by atoms with van der Waals surface area (Å²) < 4.78 is 26.3. The first-order chi connectivity index (χ1) is 9.56. The Hall–Kier alpha value is -2.03. The second-order valence-corrected chi connectivity index (χ2v) is 5.12. The summed E-state index contributed by atoms with van der Waals surface area (Å²) in [6, 6.07) is 0. The van der Waals surface area contributed by atoms with Crippen molar-refractivity contribution in [3.63, 3.8) is 0 Å². The molecule has 0 fully saturated rings. The van der Waals surface area contributed by atoms with E-state index in [0.29, 0.717) is 33.1 Å². The lowest BCUT2D eigenvalue weighted by Crippen LogP contribution is -2.15. The Morgan fingerprint density at radius 1 is 1.50 bits per heavy atom. The number of primary amides is 1. The topological polar surface area (TPSA) is 86.7 Å². The Morgan fingerprint density at radius 2 is 2.30 bits per heavy atom. The van der Waals surface area contributed by atoms with Crippen LogP contribution in [0.2, 0.25) is 0 Å². The van der Waals surface area contributed by atoms with Gasteiger partial charge in [0.2, 0.25) is 5.91 Å². The predicted molar refractivity (Wildman–Crippen MR) is 69.2 cm³/mol. The maximum atomic E-state index is 12.6. The molecule has 1 aliphatic heterocycles. The van der Waals surface area contributed by atoms with Gasteiger partial charge in [-0.1, -0.05) is 0 Å². The summed E-state index contributed by atoms with van der Waals surface area (Å²) in [7, 11) is 0. The van der Waals surface area contributed by atoms with Crippen LogP contribution in [0.25, 0.3) is 17.1 Å². The van der Waals surface area contributed by atoms with E-state index in [1.165, 1.54) is 24.2 Å². The van der Waals surface area contributed by atoms with Gasteiger partial charge in [0.15, 0.2) is 5.65 Å². The van der Waals surface area contributed by atoms with Gasteiger partial charge < -0.3 is 5.73 Å². The molecular weight excluding hydrogens is 288 g/mol. The van der Waals surface area contributed by atoms with E-state index in [0.717, 1.165) is 4.68 Å². The van der Waals surface area contributed by atoms with Crippen molar-refractivity contribution in [1.29, 1.82) is 0 Å². The van der Waals surface area contributed by atoms with Crippen LogP contribution in [0.3, 0.4) is 0 Å². The number of carbonyl (C=O) groups excluding carboxylic acids is 1. The minimum absolute atomic E-state index is 0.333. The first-order valence-corrected chi connectivity index (χ1v) is 6.67. The van der Waals surface area contributed by atoms with Crippen LogP contribution in [-0.2, 0) is 11.3 Å². The number of nitrogens with zero attached hydrogens (tertiary/aromatic N) is 4. The summed E-state index contributed by atoms with van der Waals surface area (Å²) in [5.41, 5.74) is 6.38. The number of alkyl halides is 2. The third-order valence-electron chi connectivity index (χ3n) is 2.82. The molecule has 0 atom stereocenters. The Kier molecular flexibility index (Phi) is 3.13. The standard InChI is InChI=1S/C11H9F2N5OS/c12-7(13)2-18-10-8-6(17-18)1-5(9(14)19)3-20-11(8)16-4-15-10/h1,4,7H,2-3H2,(H2,14,19). The molecular formula is C11H9F2N5OS. The number of halogens is 2. The average Bonchev–Trinajstić information content (AvgIpc) is 2.61. The van der Waals surface area contributed by atoms with E-state index < -0.39 is 18.9 Å². The normalized spacial score (nSPS) is 14.4. The monoisotopic (exact) mass is 297 g/mol. The number of rotatable bonds is 3. The summed E-state index contributed by atoms with van der Waals surface area (Å²) in [5, 5.41) is 5.28. The number of thioether (sulfide) groups is 1. The SMILES string of the molecule is NC(=O)C1=Cc2nn(CC(F)F)c3ncnc(c23)SC1. The molecule has 104 valence electrons. The van der Waals surface area contributed by atoms with Crippen molar-refractivity contribution < 1.29 is 13.6 Å². The van der Waals surface area contributed by atoms with Crippen LogP contribution in [0.4, 0.5) is 8.78 Å². The van der Waals surface area contributed by atoms with Crippen LogP contribution in [0.1, 0.15) is 5.69 Å². The van der Waals surface area contributed by atoms with E-state index in [1.54, 1.807) is 0 Å². The Bertz CT molecular complexity index is 727. The van der Waals surface area contributed by atoms with Gasteiger partial charge in [0, 0.05) is 11.3 Å². The van der Waals surface area contributed by atoms with Gasteiger partial charge in [0.1, 0.15) is 17.9 Å². The molecule has 1 aliphatic rings. The van der Waals surface area contributed by atoms with Crippen LogP contribution in [-0.4, -0.2) is 37.8 Å². The molecule has 2 aromatic heterocycles. The highest BCUT2D eigenvalue weighted by atomic mass is 32.2. The molecule has 0 saturated heterocycles. The fourth-order valence-corrected chi connectivity index (χ4v) is 2.95. The van der Waals surface area contributed by atoms with Gasteiger partial charge >= 0.3 is 0 Å². The van der Waals surface area contributed by atoms with Crippen molar-refractivity contribution >= 4 is 34.8 Å². The number of hydrogen-bond donors (Lipinski definition) is 1. The van der Waals surface area contributed by atoms with Crippen LogP contribution in [0, 0.1) is 0 Å². The zero-order valence-corrected chi connectivity index (χ0v) is 10.9. The minimum atomic E-state index is -2.54. The Labute approximate surface area is 116 Å². The lowest BCUT2D eigenvalue weighted by atomic mass is 10.2.